The number of anilines is 2. The highest BCUT2D eigenvalue weighted by molar-refractivity contribution is 8.07. The number of aromatic amines is 1. The van der Waals surface area contributed by atoms with E-state index in [0.717, 1.165) is 4.68 Å². The molecular formula is C22H27N11O10P2S. The van der Waals surface area contributed by atoms with Crippen molar-refractivity contribution < 1.29 is 42.3 Å². The number of fused-ring (bicyclic) bond motifs is 4. The summed E-state index contributed by atoms with van der Waals surface area (Å²) < 4.78 is 45.2. The number of aliphatic hydroxyl groups excluding tert-OH is 1. The van der Waals surface area contributed by atoms with Crippen molar-refractivity contribution >= 4 is 60.4 Å². The first-order chi connectivity index (χ1) is 21.9. The number of nitrogens with zero attached hydrogens (tertiary/aromatic N) is 8. The molecule has 1 spiro atoms. The maximum absolute atomic E-state index is 13.5. The Morgan fingerprint density at radius 1 is 1.13 bits per heavy atom. The second-order valence-corrected chi connectivity index (χ2v) is 15.9. The monoisotopic (exact) mass is 699 g/mol. The van der Waals surface area contributed by atoms with Crippen molar-refractivity contribution in [2.75, 3.05) is 24.7 Å². The largest absolute Gasteiger partial charge is 0.472 e. The fourth-order valence-corrected chi connectivity index (χ4v) is 9.59. The van der Waals surface area contributed by atoms with E-state index in [1.165, 1.54) is 12.7 Å². The molecule has 2 saturated carbocycles. The van der Waals surface area contributed by atoms with Crippen LogP contribution in [0.1, 0.15) is 31.5 Å². The summed E-state index contributed by atoms with van der Waals surface area (Å²) in [6, 6.07) is -0.712. The van der Waals surface area contributed by atoms with E-state index in [2.05, 4.69) is 35.2 Å². The summed E-state index contributed by atoms with van der Waals surface area (Å²) in [6.45, 7) is -4.80. The lowest BCUT2D eigenvalue weighted by molar-refractivity contribution is -0.101. The van der Waals surface area contributed by atoms with E-state index in [4.69, 9.17) is 46.1 Å². The van der Waals surface area contributed by atoms with Gasteiger partial charge in [0.1, 0.15) is 30.2 Å². The van der Waals surface area contributed by atoms with Gasteiger partial charge in [0, 0.05) is 11.8 Å². The Labute approximate surface area is 262 Å². The van der Waals surface area contributed by atoms with Crippen molar-refractivity contribution in [1.29, 1.82) is 0 Å². The first-order valence-corrected chi connectivity index (χ1v) is 18.1. The Morgan fingerprint density at radius 3 is 2.74 bits per heavy atom. The highest BCUT2D eigenvalue weighted by Gasteiger charge is 2.68. The minimum atomic E-state index is -4.85. The van der Waals surface area contributed by atoms with Crippen LogP contribution in [0.25, 0.3) is 22.3 Å². The van der Waals surface area contributed by atoms with Crippen LogP contribution in [0.4, 0.5) is 11.8 Å². The molecule has 6 heterocycles. The Bertz CT molecular complexity index is 2030. The lowest BCUT2D eigenvalue weighted by atomic mass is 9.60. The minimum absolute atomic E-state index is 0.0471. The number of nitrogen functional groups attached to an aromatic ring is 2. The Balaban J connectivity index is 1.14. The van der Waals surface area contributed by atoms with Crippen LogP contribution in [0, 0.1) is 11.3 Å². The standard InChI is InChI=1S/C22H27N11O10P2S/c23-16-11-17(26-6-25-16)32(7-27-11)13-9-1-2-22(9)5-40-44(36,37)42-10-3-8(4-39-45(38,46)43-15(22)14(13)34)41-20(10)33-18-12(30-31-33)19(35)29-21(24)28-18/h6-10,13-15,20,34H,1-5H2,(H,36,37)(H,38,46)(H2,23,25,26)(H3,24,28,29,35)/t8-,9+,10+,13+,14-,15-,20+,22-,45?/m0/s1. The van der Waals surface area contributed by atoms with Gasteiger partial charge in [0.2, 0.25) is 5.95 Å². The molecule has 21 nitrogen and oxygen atoms in total. The van der Waals surface area contributed by atoms with Crippen molar-refractivity contribution in [2.24, 2.45) is 11.3 Å². The number of H-pyrrole nitrogens is 1. The molecule has 24 heteroatoms. The third kappa shape index (κ3) is 4.71. The lowest BCUT2D eigenvalue weighted by Crippen LogP contribution is -2.50. The van der Waals surface area contributed by atoms with E-state index < -0.39 is 74.7 Å². The second-order valence-electron chi connectivity index (χ2n) is 11.7. The van der Waals surface area contributed by atoms with Gasteiger partial charge < -0.3 is 44.7 Å². The van der Waals surface area contributed by atoms with Gasteiger partial charge in [-0.3, -0.25) is 18.8 Å². The van der Waals surface area contributed by atoms with E-state index in [-0.39, 0.29) is 36.0 Å². The van der Waals surface area contributed by atoms with E-state index in [9.17, 15) is 24.3 Å². The topological polar surface area (TPSA) is 296 Å². The van der Waals surface area contributed by atoms with E-state index in [0.29, 0.717) is 24.0 Å². The van der Waals surface area contributed by atoms with E-state index >= 15 is 0 Å². The fraction of sp³-hybridized carbons (Fsp3) is 0.591. The van der Waals surface area contributed by atoms with Crippen LogP contribution in [-0.2, 0) is 39.2 Å². The molecule has 0 amide bonds. The number of hydrogen-bond donors (Lipinski definition) is 6. The van der Waals surface area contributed by atoms with Crippen LogP contribution < -0.4 is 17.0 Å². The van der Waals surface area contributed by atoms with Gasteiger partial charge in [0.05, 0.1) is 31.7 Å². The van der Waals surface area contributed by atoms with Crippen molar-refractivity contribution in [1.82, 2.24) is 44.5 Å². The third-order valence-corrected chi connectivity index (χ3v) is 11.7. The number of rotatable bonds is 2. The molecule has 8 N–H and O–H groups in total. The van der Waals surface area contributed by atoms with Gasteiger partial charge >= 0.3 is 14.5 Å². The highest BCUT2D eigenvalue weighted by Crippen LogP contribution is 2.67. The molecule has 2 aliphatic carbocycles. The zero-order valence-electron chi connectivity index (χ0n) is 23.5. The van der Waals surface area contributed by atoms with Gasteiger partial charge in [0.25, 0.3) is 5.56 Å². The summed E-state index contributed by atoms with van der Waals surface area (Å²) in [4.78, 5) is 53.5. The molecule has 2 aliphatic heterocycles. The number of nitrogens with one attached hydrogen (secondary N) is 1. The van der Waals surface area contributed by atoms with Crippen molar-refractivity contribution in [3.8, 4) is 0 Å². The Morgan fingerprint density at radius 2 is 1.96 bits per heavy atom. The Kier molecular flexibility index (Phi) is 6.92. The molecule has 2 saturated heterocycles. The maximum Gasteiger partial charge on any atom is 0.472 e. The molecule has 4 aromatic heterocycles. The summed E-state index contributed by atoms with van der Waals surface area (Å²) in [5.41, 5.74) is 10.4. The molecule has 46 heavy (non-hydrogen) atoms. The van der Waals surface area contributed by atoms with Gasteiger partial charge in [-0.15, -0.1) is 5.10 Å². The van der Waals surface area contributed by atoms with E-state index in [1.807, 2.05) is 0 Å². The number of hydrogen-bond acceptors (Lipinski definition) is 17. The lowest BCUT2D eigenvalue weighted by Gasteiger charge is -2.49. The zero-order chi connectivity index (χ0) is 32.2. The minimum Gasteiger partial charge on any atom is -0.388 e. The fourth-order valence-electron chi connectivity index (χ4n) is 7.09. The predicted molar refractivity (Wildman–Crippen MR) is 157 cm³/mol. The maximum atomic E-state index is 13.5. The summed E-state index contributed by atoms with van der Waals surface area (Å²) in [5, 5.41) is 19.5. The molecular weight excluding hydrogens is 672 g/mol. The van der Waals surface area contributed by atoms with Gasteiger partial charge in [-0.05, 0) is 30.6 Å². The summed E-state index contributed by atoms with van der Waals surface area (Å²) in [7, 11) is -4.85. The number of aromatic nitrogens is 9. The van der Waals surface area contributed by atoms with Crippen LogP contribution >= 0.6 is 14.5 Å². The molecule has 2 unspecified atom stereocenters. The number of nitrogens with two attached hydrogens (primary N) is 2. The molecule has 4 aromatic rings. The molecule has 4 aliphatic rings. The SMILES string of the molecule is Nc1nc2c(nnn2[C@@H]2O[C@@H]3COP(O)(=S)O[C@H]4[C@@H](O)[C@H](n5cnc6c(N)ncnc65)[C@H]5CC[C@]54COP(=O)(O)O[C@@H]2C3)c(=O)[nH]1. The van der Waals surface area contributed by atoms with Crippen molar-refractivity contribution in [3.05, 3.63) is 23.0 Å². The average Bonchev–Trinajstić information content (AvgIpc) is 3.72. The van der Waals surface area contributed by atoms with Gasteiger partial charge in [-0.2, -0.15) is 9.67 Å². The summed E-state index contributed by atoms with van der Waals surface area (Å²) in [5.74, 6) is -0.461. The van der Waals surface area contributed by atoms with Gasteiger partial charge in [0.15, 0.2) is 28.9 Å². The van der Waals surface area contributed by atoms with Gasteiger partial charge in [-0.1, -0.05) is 5.21 Å². The van der Waals surface area contributed by atoms with Crippen LogP contribution in [-0.4, -0.2) is 97.0 Å². The number of ether oxygens (including phenoxy) is 1. The smallest absolute Gasteiger partial charge is 0.388 e. The van der Waals surface area contributed by atoms with Gasteiger partial charge in [-0.25, -0.2) is 19.5 Å². The molecule has 2 bridgehead atoms. The number of aliphatic hydroxyl groups is 1. The van der Waals surface area contributed by atoms with Crippen LogP contribution in [0.15, 0.2) is 17.4 Å². The normalized spacial score (nSPS) is 39.7. The van der Waals surface area contributed by atoms with Crippen LogP contribution in [0.3, 0.4) is 0 Å². The molecule has 8 rings (SSSR count). The third-order valence-electron chi connectivity index (χ3n) is 9.18. The second kappa shape index (κ2) is 10.5. The number of phosphoric acid groups is 1. The summed E-state index contributed by atoms with van der Waals surface area (Å²) >= 11 is 5.37. The molecule has 10 atom stereocenters. The predicted octanol–water partition coefficient (Wildman–Crippen LogP) is -0.747. The highest BCUT2D eigenvalue weighted by atomic mass is 32.5. The van der Waals surface area contributed by atoms with E-state index in [1.54, 1.807) is 4.57 Å². The Hall–Kier alpha value is -3.01. The van der Waals surface area contributed by atoms with Crippen molar-refractivity contribution in [2.45, 2.75) is 55.9 Å². The zero-order valence-corrected chi connectivity index (χ0v) is 26.1. The first kappa shape index (κ1) is 30.3. The molecule has 0 aromatic carbocycles. The number of imidazole rings is 1. The average molecular weight is 700 g/mol. The molecule has 246 valence electrons. The van der Waals surface area contributed by atoms with Crippen LogP contribution in [0.2, 0.25) is 0 Å². The van der Waals surface area contributed by atoms with Crippen LogP contribution in [0.5, 0.6) is 0 Å². The summed E-state index contributed by atoms with van der Waals surface area (Å²) in [6.07, 6.45) is -2.12. The first-order valence-electron chi connectivity index (χ1n) is 14.0. The molecule has 4 fully saturated rings. The van der Waals surface area contributed by atoms with Crippen molar-refractivity contribution in [3.63, 3.8) is 0 Å². The molecule has 0 radical (unpaired) electrons. The quantitative estimate of drug-likeness (QED) is 0.140. The number of phosphoric ester groups is 1.